The molecule has 2 aromatic carbocycles. The lowest BCUT2D eigenvalue weighted by Gasteiger charge is -2.28. The molecule has 33 heavy (non-hydrogen) atoms. The summed E-state index contributed by atoms with van der Waals surface area (Å²) < 4.78 is 10.5. The van der Waals surface area contributed by atoms with Crippen LogP contribution in [0.5, 0.6) is 0 Å². The summed E-state index contributed by atoms with van der Waals surface area (Å²) in [4.78, 5) is 10.6. The average molecular weight is 450 g/mol. The maximum Gasteiger partial charge on any atom is 0.124 e. The molecule has 1 fully saturated rings. The van der Waals surface area contributed by atoms with Crippen LogP contribution in [0.1, 0.15) is 51.9 Å². The number of aromatic nitrogens is 2. The van der Waals surface area contributed by atoms with Gasteiger partial charge in [-0.2, -0.15) is 0 Å². The van der Waals surface area contributed by atoms with E-state index in [0.717, 1.165) is 40.1 Å². The first-order valence-corrected chi connectivity index (χ1v) is 12.8. The monoisotopic (exact) mass is 449 g/mol. The maximum atomic E-state index is 9.24. The van der Waals surface area contributed by atoms with Crippen molar-refractivity contribution in [3.05, 3.63) is 84.7 Å². The summed E-state index contributed by atoms with van der Waals surface area (Å²) in [5.41, 5.74) is 5.47. The molecule has 1 aliphatic rings. The summed E-state index contributed by atoms with van der Waals surface area (Å²) in [5, 5.41) is 2.41. The second kappa shape index (κ2) is 8.72. The average Bonchev–Trinajstić information content (AvgIpc) is 3.28. The Morgan fingerprint density at radius 3 is 2.58 bits per heavy atom. The molecule has 1 aliphatic carbocycles. The summed E-state index contributed by atoms with van der Waals surface area (Å²) in [6.45, 7) is 2.09. The van der Waals surface area contributed by atoms with Crippen molar-refractivity contribution in [1.29, 1.82) is 0 Å². The SMILES string of the molecule is [2H]C(C)(c1ccnc(-c2cccc3c2sc2ncc(-c4ccccc4)cc23)c1)C1CCCCC1. The van der Waals surface area contributed by atoms with Crippen LogP contribution in [0.3, 0.4) is 0 Å². The largest absolute Gasteiger partial charge is 0.256 e. The smallest absolute Gasteiger partial charge is 0.124 e. The van der Waals surface area contributed by atoms with Crippen molar-refractivity contribution in [2.45, 2.75) is 44.9 Å². The highest BCUT2D eigenvalue weighted by Gasteiger charge is 2.22. The summed E-state index contributed by atoms with van der Waals surface area (Å²) in [5.74, 6) is -0.171. The van der Waals surface area contributed by atoms with Crippen LogP contribution in [-0.4, -0.2) is 9.97 Å². The Kier molecular flexibility index (Phi) is 5.13. The van der Waals surface area contributed by atoms with E-state index in [-0.39, 0.29) is 0 Å². The van der Waals surface area contributed by atoms with Gasteiger partial charge in [0.05, 0.1) is 5.69 Å². The minimum atomic E-state index is -0.585. The van der Waals surface area contributed by atoms with E-state index in [1.807, 2.05) is 24.5 Å². The van der Waals surface area contributed by atoms with Gasteiger partial charge in [-0.1, -0.05) is 74.7 Å². The highest BCUT2D eigenvalue weighted by Crippen LogP contribution is 2.41. The van der Waals surface area contributed by atoms with Crippen molar-refractivity contribution in [3.8, 4) is 22.4 Å². The highest BCUT2D eigenvalue weighted by molar-refractivity contribution is 7.26. The zero-order valence-corrected chi connectivity index (χ0v) is 19.7. The van der Waals surface area contributed by atoms with Gasteiger partial charge in [0, 0.05) is 40.4 Å². The third-order valence-electron chi connectivity index (χ3n) is 7.17. The van der Waals surface area contributed by atoms with Gasteiger partial charge in [0.15, 0.2) is 0 Å². The van der Waals surface area contributed by atoms with Gasteiger partial charge in [0.1, 0.15) is 4.83 Å². The van der Waals surface area contributed by atoms with E-state index in [0.29, 0.717) is 5.92 Å². The number of hydrogen-bond donors (Lipinski definition) is 0. The topological polar surface area (TPSA) is 25.8 Å². The van der Waals surface area contributed by atoms with E-state index in [9.17, 15) is 1.37 Å². The standard InChI is InChI=1S/C30H28N2S/c1-20(21-9-4-2-5-10-21)23-15-16-31-28(18-23)26-14-8-13-25-27-17-24(22-11-6-3-7-12-22)19-32-30(27)33-29(25)26/h3,6-8,11-21H,2,4-5,9-10H2,1H3/i20D. The van der Waals surface area contributed by atoms with Crippen LogP contribution in [0.25, 0.3) is 42.7 Å². The Bertz CT molecular complexity index is 1470. The molecule has 3 aromatic heterocycles. The number of fused-ring (bicyclic) bond motifs is 3. The number of nitrogens with zero attached hydrogens (tertiary/aromatic N) is 2. The molecule has 3 heterocycles. The number of thiophene rings is 1. The third-order valence-corrected chi connectivity index (χ3v) is 8.33. The van der Waals surface area contributed by atoms with Crippen LogP contribution in [0.2, 0.25) is 0 Å². The molecular weight excluding hydrogens is 420 g/mol. The Hall–Kier alpha value is -3.04. The minimum absolute atomic E-state index is 0.414. The Morgan fingerprint density at radius 1 is 0.879 bits per heavy atom. The molecule has 0 bridgehead atoms. The lowest BCUT2D eigenvalue weighted by Crippen LogP contribution is -2.14. The molecule has 0 saturated heterocycles. The highest BCUT2D eigenvalue weighted by atomic mass is 32.1. The molecule has 2 nitrogen and oxygen atoms in total. The number of hydrogen-bond acceptors (Lipinski definition) is 3. The van der Waals surface area contributed by atoms with Gasteiger partial charge in [0.25, 0.3) is 0 Å². The zero-order chi connectivity index (χ0) is 23.1. The third kappa shape index (κ3) is 3.85. The fourth-order valence-corrected chi connectivity index (χ4v) is 6.41. The first kappa shape index (κ1) is 19.4. The molecule has 0 aliphatic heterocycles. The molecule has 1 unspecified atom stereocenters. The summed E-state index contributed by atoms with van der Waals surface area (Å²) >= 11 is 1.73. The predicted molar refractivity (Wildman–Crippen MR) is 141 cm³/mol. The van der Waals surface area contributed by atoms with Crippen LogP contribution in [-0.2, 0) is 0 Å². The van der Waals surface area contributed by atoms with E-state index in [4.69, 9.17) is 9.97 Å². The molecule has 0 N–H and O–H groups in total. The van der Waals surface area contributed by atoms with Gasteiger partial charge in [0.2, 0.25) is 0 Å². The normalized spacial score (nSPS) is 17.2. The van der Waals surface area contributed by atoms with Crippen LogP contribution in [0, 0.1) is 5.92 Å². The lowest BCUT2D eigenvalue weighted by atomic mass is 9.78. The van der Waals surface area contributed by atoms with E-state index in [1.165, 1.54) is 40.3 Å². The van der Waals surface area contributed by atoms with Crippen molar-refractivity contribution in [1.82, 2.24) is 9.97 Å². The van der Waals surface area contributed by atoms with Gasteiger partial charge < -0.3 is 0 Å². The van der Waals surface area contributed by atoms with Gasteiger partial charge in [-0.15, -0.1) is 11.3 Å². The molecule has 6 rings (SSSR count). The van der Waals surface area contributed by atoms with Gasteiger partial charge in [-0.3, -0.25) is 4.98 Å². The predicted octanol–water partition coefficient (Wildman–Crippen LogP) is 8.86. The Balaban J connectivity index is 1.45. The van der Waals surface area contributed by atoms with Gasteiger partial charge in [-0.25, -0.2) is 4.98 Å². The second-order valence-electron chi connectivity index (χ2n) is 9.17. The molecule has 1 atom stereocenters. The summed E-state index contributed by atoms with van der Waals surface area (Å²) in [6.07, 6.45) is 9.96. The first-order chi connectivity index (χ1) is 16.6. The zero-order valence-electron chi connectivity index (χ0n) is 19.9. The molecular formula is C30H28N2S. The number of rotatable bonds is 4. The molecule has 0 amide bonds. The van der Waals surface area contributed by atoms with Crippen molar-refractivity contribution < 1.29 is 1.37 Å². The van der Waals surface area contributed by atoms with Crippen molar-refractivity contribution in [3.63, 3.8) is 0 Å². The summed E-state index contributed by atoms with van der Waals surface area (Å²) in [7, 11) is 0. The molecule has 1 saturated carbocycles. The lowest BCUT2D eigenvalue weighted by molar-refractivity contribution is 0.316. The fraction of sp³-hybridized carbons (Fsp3) is 0.267. The van der Waals surface area contributed by atoms with E-state index in [2.05, 4.69) is 61.5 Å². The van der Waals surface area contributed by atoms with Gasteiger partial charge in [-0.05, 0) is 54.0 Å². The number of pyridine rings is 2. The van der Waals surface area contributed by atoms with Crippen LogP contribution in [0.15, 0.2) is 79.1 Å². The molecule has 0 radical (unpaired) electrons. The van der Waals surface area contributed by atoms with Crippen LogP contribution < -0.4 is 0 Å². The van der Waals surface area contributed by atoms with E-state index < -0.39 is 5.89 Å². The molecule has 0 spiro atoms. The Morgan fingerprint density at radius 2 is 1.73 bits per heavy atom. The molecule has 3 heteroatoms. The first-order valence-electron chi connectivity index (χ1n) is 12.4. The second-order valence-corrected chi connectivity index (χ2v) is 10.2. The van der Waals surface area contributed by atoms with Crippen molar-refractivity contribution in [2.24, 2.45) is 5.92 Å². The molecule has 164 valence electrons. The van der Waals surface area contributed by atoms with E-state index >= 15 is 0 Å². The minimum Gasteiger partial charge on any atom is -0.256 e. The van der Waals surface area contributed by atoms with Crippen molar-refractivity contribution in [2.75, 3.05) is 0 Å². The van der Waals surface area contributed by atoms with E-state index in [1.54, 1.807) is 11.3 Å². The maximum absolute atomic E-state index is 9.24. The summed E-state index contributed by atoms with van der Waals surface area (Å²) in [6, 6.07) is 23.4. The fourth-order valence-electron chi connectivity index (χ4n) is 5.27. The van der Waals surface area contributed by atoms with Crippen LogP contribution in [0.4, 0.5) is 0 Å². The number of benzene rings is 2. The Labute approximate surface area is 200 Å². The van der Waals surface area contributed by atoms with Gasteiger partial charge >= 0.3 is 0 Å². The van der Waals surface area contributed by atoms with Crippen molar-refractivity contribution >= 4 is 31.6 Å². The molecule has 5 aromatic rings. The quantitative estimate of drug-likeness (QED) is 0.274. The van der Waals surface area contributed by atoms with Crippen LogP contribution >= 0.6 is 11.3 Å².